The van der Waals surface area contributed by atoms with E-state index in [0.717, 1.165) is 17.0 Å². The fourth-order valence-corrected chi connectivity index (χ4v) is 4.56. The van der Waals surface area contributed by atoms with Crippen molar-refractivity contribution in [3.8, 4) is 5.75 Å². The van der Waals surface area contributed by atoms with E-state index in [1.807, 2.05) is 49.4 Å². The van der Waals surface area contributed by atoms with Crippen LogP contribution in [-0.4, -0.2) is 18.1 Å². The number of fused-ring (bicyclic) bond motifs is 2. The van der Waals surface area contributed by atoms with E-state index < -0.39 is 26.5 Å². The molecule has 0 aliphatic rings. The predicted molar refractivity (Wildman–Crippen MR) is 141 cm³/mol. The Kier molecular flexibility index (Phi) is 7.91. The number of aromatic hydroxyl groups is 1. The van der Waals surface area contributed by atoms with Gasteiger partial charge in [0.05, 0.1) is 22.0 Å². The summed E-state index contributed by atoms with van der Waals surface area (Å²) in [6.45, 7) is 1.99. The minimum absolute atomic E-state index is 0. The van der Waals surface area contributed by atoms with Crippen LogP contribution in [0.5, 0.6) is 5.75 Å². The van der Waals surface area contributed by atoms with Gasteiger partial charge in [0.25, 0.3) is 0 Å². The molecule has 0 saturated heterocycles. The molecule has 0 aliphatic heterocycles. The molecule has 0 aliphatic carbocycles. The van der Waals surface area contributed by atoms with Crippen LogP contribution in [0.3, 0.4) is 0 Å². The van der Waals surface area contributed by atoms with E-state index in [1.54, 1.807) is 18.2 Å². The Morgan fingerprint density at radius 2 is 1.37 bits per heavy atom. The molecule has 3 N–H and O–H groups in total. The average molecular weight is 534 g/mol. The summed E-state index contributed by atoms with van der Waals surface area (Å²) >= 11 is 0. The molecule has 0 heterocycles. The summed E-state index contributed by atoms with van der Waals surface area (Å²) in [5.74, 6) is -0.504. The number of azo groups is 2. The number of nitrogens with two attached hydrogens (primary N) is 1. The van der Waals surface area contributed by atoms with Gasteiger partial charge < -0.3 is 15.4 Å². The summed E-state index contributed by atoms with van der Waals surface area (Å²) in [6.07, 6.45) is 0. The van der Waals surface area contributed by atoms with E-state index in [4.69, 9.17) is 5.73 Å². The predicted octanol–water partition coefficient (Wildman–Crippen LogP) is 4.33. The quantitative estimate of drug-likeness (QED) is 0.149. The van der Waals surface area contributed by atoms with Gasteiger partial charge in [-0.25, -0.2) is 8.42 Å². The molecule has 5 aromatic carbocycles. The Morgan fingerprint density at radius 3 is 1.97 bits per heavy atom. The minimum atomic E-state index is -4.97. The fourth-order valence-electron chi connectivity index (χ4n) is 3.91. The monoisotopic (exact) mass is 533 g/mol. The van der Waals surface area contributed by atoms with Crippen molar-refractivity contribution >= 4 is 60.1 Å². The molecule has 38 heavy (non-hydrogen) atoms. The van der Waals surface area contributed by atoms with Crippen molar-refractivity contribution in [3.63, 3.8) is 0 Å². The topological polar surface area (TPSA) is 153 Å². The third kappa shape index (κ3) is 5.59. The Balaban J connectivity index is 0.00000336. The van der Waals surface area contributed by atoms with Gasteiger partial charge in [0, 0.05) is 21.8 Å². The molecular weight excluding hydrogens is 513 g/mol. The van der Waals surface area contributed by atoms with Crippen LogP contribution in [0, 0.1) is 6.92 Å². The van der Waals surface area contributed by atoms with Gasteiger partial charge in [-0.3, -0.25) is 0 Å². The largest absolute Gasteiger partial charge is 1.00 e. The van der Waals surface area contributed by atoms with Crippen LogP contribution >= 0.6 is 0 Å². The van der Waals surface area contributed by atoms with E-state index >= 15 is 0 Å². The molecule has 0 radical (unpaired) electrons. The summed E-state index contributed by atoms with van der Waals surface area (Å²) in [4.78, 5) is -0.682. The Hall–Kier alpha value is -3.67. The van der Waals surface area contributed by atoms with E-state index in [-0.39, 0.29) is 34.9 Å². The number of phenolic OH excluding ortho intramolecular Hbond substituents is 1. The third-order valence-corrected chi connectivity index (χ3v) is 6.64. The van der Waals surface area contributed by atoms with Crippen LogP contribution in [-0.2, 0) is 10.1 Å². The molecular formula is C27H20N5NaO4S. The first-order chi connectivity index (χ1) is 17.7. The zero-order valence-electron chi connectivity index (χ0n) is 20.5. The van der Waals surface area contributed by atoms with Gasteiger partial charge in [-0.15, -0.1) is 15.3 Å². The summed E-state index contributed by atoms with van der Waals surface area (Å²) in [7, 11) is -4.97. The number of aryl methyl sites for hydroxylation is 1. The molecule has 5 rings (SSSR count). The second-order valence-corrected chi connectivity index (χ2v) is 9.74. The number of anilines is 1. The Morgan fingerprint density at radius 1 is 0.763 bits per heavy atom. The number of hydrogen-bond donors (Lipinski definition) is 2. The van der Waals surface area contributed by atoms with Crippen LogP contribution in [0.15, 0.2) is 110 Å². The molecule has 0 aromatic heterocycles. The number of rotatable bonds is 5. The molecule has 5 aromatic rings. The first kappa shape index (κ1) is 27.4. The van der Waals surface area contributed by atoms with Crippen molar-refractivity contribution in [2.45, 2.75) is 11.8 Å². The van der Waals surface area contributed by atoms with Crippen molar-refractivity contribution in [2.75, 3.05) is 5.73 Å². The second-order valence-electron chi connectivity index (χ2n) is 8.39. The smallest absolute Gasteiger partial charge is 0.744 e. The van der Waals surface area contributed by atoms with Crippen LogP contribution in [0.2, 0.25) is 0 Å². The zero-order chi connectivity index (χ0) is 26.2. The van der Waals surface area contributed by atoms with Crippen molar-refractivity contribution in [1.82, 2.24) is 0 Å². The number of nitrogens with zero attached hydrogens (tertiary/aromatic N) is 4. The number of phenols is 1. The van der Waals surface area contributed by atoms with E-state index in [2.05, 4.69) is 20.5 Å². The SMILES string of the molecule is Cc1ccc(N=Nc2ccc(N=Nc3c(S(=O)(=O)[O-])cc4ccc(N)cc4c3O)c3ccccc23)cc1.[Na+]. The number of benzene rings is 5. The number of hydrogen-bond acceptors (Lipinski definition) is 9. The Bertz CT molecular complexity index is 1840. The zero-order valence-corrected chi connectivity index (χ0v) is 23.3. The van der Waals surface area contributed by atoms with Crippen LogP contribution in [0.4, 0.5) is 28.4 Å². The average Bonchev–Trinajstić information content (AvgIpc) is 2.88. The van der Waals surface area contributed by atoms with Crippen LogP contribution < -0.4 is 35.3 Å². The molecule has 0 bridgehead atoms. The maximum absolute atomic E-state index is 12.0. The van der Waals surface area contributed by atoms with Crippen molar-refractivity contribution < 1.29 is 47.6 Å². The molecule has 11 heteroatoms. The van der Waals surface area contributed by atoms with Gasteiger partial charge in [0.15, 0.2) is 5.75 Å². The summed E-state index contributed by atoms with van der Waals surface area (Å²) in [6, 6.07) is 24.0. The molecule has 0 amide bonds. The third-order valence-electron chi connectivity index (χ3n) is 5.79. The number of nitrogen functional groups attached to an aromatic ring is 1. The molecule has 184 valence electrons. The van der Waals surface area contributed by atoms with Crippen LogP contribution in [0.1, 0.15) is 5.56 Å². The molecule has 0 atom stereocenters. The van der Waals surface area contributed by atoms with Gasteiger partial charge in [-0.2, -0.15) is 5.11 Å². The van der Waals surface area contributed by atoms with Crippen molar-refractivity contribution in [3.05, 3.63) is 90.5 Å². The second kappa shape index (κ2) is 11.0. The van der Waals surface area contributed by atoms with Crippen LogP contribution in [0.25, 0.3) is 21.5 Å². The normalized spacial score (nSPS) is 11.9. The van der Waals surface area contributed by atoms with Gasteiger partial charge in [-0.1, -0.05) is 48.0 Å². The van der Waals surface area contributed by atoms with Gasteiger partial charge in [0.1, 0.15) is 15.8 Å². The molecule has 0 unspecified atom stereocenters. The Labute approximate surface area is 240 Å². The minimum Gasteiger partial charge on any atom is -0.744 e. The summed E-state index contributed by atoms with van der Waals surface area (Å²) < 4.78 is 35.9. The summed E-state index contributed by atoms with van der Waals surface area (Å²) in [5, 5.41) is 29.7. The molecule has 0 spiro atoms. The first-order valence-corrected chi connectivity index (χ1v) is 12.5. The van der Waals surface area contributed by atoms with Gasteiger partial charge in [-0.05, 0) is 54.8 Å². The molecule has 0 fully saturated rings. The van der Waals surface area contributed by atoms with Gasteiger partial charge in [0.2, 0.25) is 0 Å². The fraction of sp³-hybridized carbons (Fsp3) is 0.0370. The summed E-state index contributed by atoms with van der Waals surface area (Å²) in [5.41, 5.74) is 8.51. The van der Waals surface area contributed by atoms with Crippen molar-refractivity contribution in [2.24, 2.45) is 20.5 Å². The maximum Gasteiger partial charge on any atom is 1.00 e. The molecule has 0 saturated carbocycles. The van der Waals surface area contributed by atoms with E-state index in [1.165, 1.54) is 18.2 Å². The maximum atomic E-state index is 12.0. The molecule has 9 nitrogen and oxygen atoms in total. The van der Waals surface area contributed by atoms with E-state index in [0.29, 0.717) is 33.5 Å². The van der Waals surface area contributed by atoms with E-state index in [9.17, 15) is 18.1 Å². The van der Waals surface area contributed by atoms with Crippen molar-refractivity contribution in [1.29, 1.82) is 0 Å². The van der Waals surface area contributed by atoms with Gasteiger partial charge >= 0.3 is 29.6 Å². The standard InChI is InChI=1S/C27H21N5O4S.Na/c1-16-6-10-19(11-7-16)29-30-23-12-13-24(21-5-3-2-4-20(21)23)31-32-26-25(37(34,35)36)14-17-8-9-18(28)15-22(17)27(26)33;/h2-15,33H,28H2,1H3,(H,34,35,36);/q;+1/p-1. The first-order valence-electron chi connectivity index (χ1n) is 11.1.